The lowest BCUT2D eigenvalue weighted by Gasteiger charge is -2.20. The van der Waals surface area contributed by atoms with E-state index in [1.54, 1.807) is 18.2 Å². The number of halogens is 1. The average Bonchev–Trinajstić information content (AvgIpc) is 3.01. The summed E-state index contributed by atoms with van der Waals surface area (Å²) in [4.78, 5) is 23.7. The van der Waals surface area contributed by atoms with Crippen molar-refractivity contribution in [3.63, 3.8) is 0 Å². The molecule has 1 fully saturated rings. The predicted molar refractivity (Wildman–Crippen MR) is 90.4 cm³/mol. The van der Waals surface area contributed by atoms with Gasteiger partial charge in [-0.3, -0.25) is 9.59 Å². The van der Waals surface area contributed by atoms with Gasteiger partial charge in [0.1, 0.15) is 11.9 Å². The number of benzene rings is 1. The van der Waals surface area contributed by atoms with Crippen molar-refractivity contribution in [2.45, 2.75) is 57.0 Å². The van der Waals surface area contributed by atoms with Crippen LogP contribution >= 0.6 is 0 Å². The molecular weight excluding hydrogens is 309 g/mol. The summed E-state index contributed by atoms with van der Waals surface area (Å²) >= 11 is 0. The second-order valence-corrected chi connectivity index (χ2v) is 6.67. The fraction of sp³-hybridized carbons (Fsp3) is 0.556. The van der Waals surface area contributed by atoms with Gasteiger partial charge in [-0.2, -0.15) is 0 Å². The second kappa shape index (κ2) is 8.78. The van der Waals surface area contributed by atoms with Gasteiger partial charge in [0.25, 0.3) is 0 Å². The third-order valence-corrected chi connectivity index (χ3v) is 4.61. The highest BCUT2D eigenvalue weighted by Gasteiger charge is 2.25. The third kappa shape index (κ3) is 5.60. The molecule has 1 aromatic rings. The summed E-state index contributed by atoms with van der Waals surface area (Å²) in [7, 11) is 0. The van der Waals surface area contributed by atoms with Crippen molar-refractivity contribution in [2.75, 3.05) is 0 Å². The molecule has 0 spiro atoms. The smallest absolute Gasteiger partial charge is 0.240 e. The van der Waals surface area contributed by atoms with Crippen LogP contribution in [0.15, 0.2) is 24.3 Å². The van der Waals surface area contributed by atoms with Gasteiger partial charge in [-0.05, 0) is 30.4 Å². The van der Waals surface area contributed by atoms with E-state index in [0.717, 1.165) is 25.7 Å². The van der Waals surface area contributed by atoms with Crippen LogP contribution in [0.25, 0.3) is 0 Å². The molecule has 1 aliphatic carbocycles. The van der Waals surface area contributed by atoms with E-state index in [1.807, 2.05) is 0 Å². The maximum Gasteiger partial charge on any atom is 0.240 e. The molecule has 0 radical (unpaired) electrons. The van der Waals surface area contributed by atoms with Crippen LogP contribution in [0.5, 0.6) is 0 Å². The van der Waals surface area contributed by atoms with Gasteiger partial charge < -0.3 is 16.8 Å². The zero-order chi connectivity index (χ0) is 17.5. The van der Waals surface area contributed by atoms with E-state index in [9.17, 15) is 14.0 Å². The molecule has 2 amide bonds. The lowest BCUT2D eigenvalue weighted by molar-refractivity contribution is -0.128. The monoisotopic (exact) mass is 335 g/mol. The van der Waals surface area contributed by atoms with Gasteiger partial charge in [0.2, 0.25) is 11.8 Å². The minimum atomic E-state index is -0.652. The van der Waals surface area contributed by atoms with Crippen molar-refractivity contribution in [3.05, 3.63) is 35.6 Å². The fourth-order valence-electron chi connectivity index (χ4n) is 3.34. The molecular formula is C18H26FN3O2. The molecule has 2 atom stereocenters. The first-order valence-corrected chi connectivity index (χ1v) is 8.53. The highest BCUT2D eigenvalue weighted by Crippen LogP contribution is 2.28. The number of carbonyl (C=O) groups is 2. The largest absolute Gasteiger partial charge is 0.368 e. The van der Waals surface area contributed by atoms with Crippen molar-refractivity contribution < 1.29 is 14.0 Å². The Bertz CT molecular complexity index is 573. The van der Waals surface area contributed by atoms with Gasteiger partial charge >= 0.3 is 0 Å². The van der Waals surface area contributed by atoms with Crippen molar-refractivity contribution in [1.82, 2.24) is 5.32 Å². The molecule has 0 aromatic heterocycles. The Morgan fingerprint density at radius 3 is 2.54 bits per heavy atom. The minimum absolute atomic E-state index is 0.0305. The molecule has 1 saturated carbocycles. The van der Waals surface area contributed by atoms with Crippen LogP contribution in [0, 0.1) is 11.7 Å². The van der Waals surface area contributed by atoms with Gasteiger partial charge in [-0.1, -0.05) is 43.9 Å². The molecule has 0 heterocycles. The van der Waals surface area contributed by atoms with Crippen molar-refractivity contribution in [1.29, 1.82) is 0 Å². The number of nitrogens with one attached hydrogen (secondary N) is 1. The quantitative estimate of drug-likeness (QED) is 0.673. The van der Waals surface area contributed by atoms with E-state index in [0.29, 0.717) is 17.9 Å². The molecule has 132 valence electrons. The molecule has 0 aliphatic heterocycles. The summed E-state index contributed by atoms with van der Waals surface area (Å²) in [5, 5.41) is 2.69. The van der Waals surface area contributed by atoms with Crippen LogP contribution in [0.1, 0.15) is 44.1 Å². The fourth-order valence-corrected chi connectivity index (χ4v) is 3.34. The molecule has 0 unspecified atom stereocenters. The molecule has 5 nitrogen and oxygen atoms in total. The van der Waals surface area contributed by atoms with Crippen LogP contribution in [-0.2, 0) is 16.0 Å². The Balaban J connectivity index is 1.83. The highest BCUT2D eigenvalue weighted by atomic mass is 19.1. The highest BCUT2D eigenvalue weighted by molar-refractivity contribution is 5.86. The topological polar surface area (TPSA) is 98.2 Å². The molecule has 1 aromatic carbocycles. The standard InChI is InChI=1S/C18H26FN3O2/c19-15-8-4-3-7-13(15)10-14(20)11-17(23)22-16(18(21)24)9-12-5-1-2-6-12/h3-4,7-8,12,14,16H,1-2,5-6,9-11,20H2,(H2,21,24)(H,22,23)/t14-,16-/m1/s1. The van der Waals surface area contributed by atoms with Crippen LogP contribution in [0.3, 0.4) is 0 Å². The zero-order valence-electron chi connectivity index (χ0n) is 13.8. The van der Waals surface area contributed by atoms with Gasteiger partial charge in [-0.15, -0.1) is 0 Å². The molecule has 6 heteroatoms. The number of primary amides is 1. The van der Waals surface area contributed by atoms with Gasteiger partial charge in [0.15, 0.2) is 0 Å². The summed E-state index contributed by atoms with van der Waals surface area (Å²) in [6.45, 7) is 0. The number of hydrogen-bond donors (Lipinski definition) is 3. The van der Waals surface area contributed by atoms with Crippen molar-refractivity contribution >= 4 is 11.8 Å². The minimum Gasteiger partial charge on any atom is -0.368 e. The van der Waals surface area contributed by atoms with E-state index >= 15 is 0 Å². The van der Waals surface area contributed by atoms with Gasteiger partial charge in [-0.25, -0.2) is 4.39 Å². The van der Waals surface area contributed by atoms with Crippen LogP contribution < -0.4 is 16.8 Å². The zero-order valence-corrected chi connectivity index (χ0v) is 13.8. The number of nitrogens with two attached hydrogens (primary N) is 2. The summed E-state index contributed by atoms with van der Waals surface area (Å²) in [5.74, 6) is -0.724. The SMILES string of the molecule is NC(=O)[C@@H](CC1CCCC1)NC(=O)C[C@H](N)Cc1ccccc1F. The van der Waals surface area contributed by atoms with Gasteiger partial charge in [0, 0.05) is 12.5 Å². The first kappa shape index (κ1) is 18.4. The molecule has 2 rings (SSSR count). The normalized spacial score (nSPS) is 17.4. The molecule has 1 aliphatic rings. The molecule has 0 bridgehead atoms. The Hall–Kier alpha value is -1.95. The lowest BCUT2D eigenvalue weighted by atomic mass is 9.97. The Labute approximate surface area is 142 Å². The number of carbonyl (C=O) groups excluding carboxylic acids is 2. The van der Waals surface area contributed by atoms with Crippen molar-refractivity contribution in [2.24, 2.45) is 17.4 Å². The summed E-state index contributed by atoms with van der Waals surface area (Å²) in [5.41, 5.74) is 11.8. The van der Waals surface area contributed by atoms with E-state index in [4.69, 9.17) is 11.5 Å². The van der Waals surface area contributed by atoms with E-state index in [2.05, 4.69) is 5.32 Å². The number of amides is 2. The van der Waals surface area contributed by atoms with Crippen molar-refractivity contribution in [3.8, 4) is 0 Å². The van der Waals surface area contributed by atoms with E-state index < -0.39 is 18.0 Å². The van der Waals surface area contributed by atoms with Crippen LogP contribution in [0.2, 0.25) is 0 Å². The lowest BCUT2D eigenvalue weighted by Crippen LogP contribution is -2.46. The maximum atomic E-state index is 13.6. The molecule has 0 saturated heterocycles. The average molecular weight is 335 g/mol. The Morgan fingerprint density at radius 2 is 1.92 bits per heavy atom. The van der Waals surface area contributed by atoms with Gasteiger partial charge in [0.05, 0.1) is 0 Å². The summed E-state index contributed by atoms with van der Waals surface area (Å²) in [6, 6.07) is 5.20. The van der Waals surface area contributed by atoms with E-state index in [-0.39, 0.29) is 24.6 Å². The first-order valence-electron chi connectivity index (χ1n) is 8.53. The summed E-state index contributed by atoms with van der Waals surface area (Å²) in [6.07, 6.45) is 5.37. The van der Waals surface area contributed by atoms with Crippen LogP contribution in [0.4, 0.5) is 4.39 Å². The first-order chi connectivity index (χ1) is 11.5. The maximum absolute atomic E-state index is 13.6. The third-order valence-electron chi connectivity index (χ3n) is 4.61. The number of hydrogen-bond acceptors (Lipinski definition) is 3. The number of rotatable bonds is 8. The summed E-state index contributed by atoms with van der Waals surface area (Å²) < 4.78 is 13.6. The predicted octanol–water partition coefficient (Wildman–Crippen LogP) is 1.64. The van der Waals surface area contributed by atoms with E-state index in [1.165, 1.54) is 6.07 Å². The van der Waals surface area contributed by atoms with Crippen LogP contribution in [-0.4, -0.2) is 23.9 Å². The second-order valence-electron chi connectivity index (χ2n) is 6.67. The molecule has 24 heavy (non-hydrogen) atoms. The Morgan fingerprint density at radius 1 is 1.25 bits per heavy atom. The Kier molecular flexibility index (Phi) is 6.73. The molecule has 5 N–H and O–H groups in total.